The molecule has 0 fully saturated rings. The van der Waals surface area contributed by atoms with Crippen molar-refractivity contribution in [2.24, 2.45) is 10.1 Å². The topological polar surface area (TPSA) is 129 Å². The number of carbonyl (C=O) groups excluding carboxylic acids is 1. The van der Waals surface area contributed by atoms with Gasteiger partial charge in [-0.1, -0.05) is 84.0 Å². The molecule has 0 bridgehead atoms. The molecule has 0 spiro atoms. The molecule has 1 amide bonds. The molecule has 0 radical (unpaired) electrons. The van der Waals surface area contributed by atoms with Crippen molar-refractivity contribution in [3.05, 3.63) is 130 Å². The van der Waals surface area contributed by atoms with Crippen molar-refractivity contribution >= 4 is 17.5 Å². The molecule has 10 heteroatoms. The monoisotopic (exact) mass is 593 g/mol. The molecule has 9 nitrogen and oxygen atoms in total. The molecule has 0 unspecified atom stereocenters. The van der Waals surface area contributed by atoms with E-state index in [2.05, 4.69) is 15.3 Å². The molecule has 2 N–H and O–H groups in total. The van der Waals surface area contributed by atoms with Crippen LogP contribution in [0.4, 0.5) is 10.1 Å². The smallest absolute Gasteiger partial charge is 0.252 e. The zero-order valence-corrected chi connectivity index (χ0v) is 24.0. The number of carbonyl (C=O) groups is 1. The third-order valence-electron chi connectivity index (χ3n) is 7.33. The fourth-order valence-corrected chi connectivity index (χ4v) is 5.17. The number of amides is 1. The second-order valence-electron chi connectivity index (χ2n) is 10.2. The summed E-state index contributed by atoms with van der Waals surface area (Å²) >= 11 is 0. The van der Waals surface area contributed by atoms with Gasteiger partial charge in [0.2, 0.25) is 5.90 Å². The first-order valence-corrected chi connectivity index (χ1v) is 14.3. The number of hydrogen-bond acceptors (Lipinski definition) is 6. The minimum Gasteiger partial charge on any atom is -0.494 e. The lowest BCUT2D eigenvalue weighted by atomic mass is 9.81. The van der Waals surface area contributed by atoms with E-state index < -0.39 is 24.2 Å². The van der Waals surface area contributed by atoms with Crippen LogP contribution in [0, 0.1) is 0 Å². The number of alkyl halides is 1. The number of nitrogens with zero attached hydrogens (tertiary/aromatic N) is 4. The Morgan fingerprint density at radius 1 is 0.977 bits per heavy atom. The number of nitrogens with one attached hydrogen (secondary N) is 1. The minimum atomic E-state index is -1.56. The summed E-state index contributed by atoms with van der Waals surface area (Å²) < 4.78 is 25.5. The van der Waals surface area contributed by atoms with Gasteiger partial charge in [-0.15, -0.1) is 0 Å². The highest BCUT2D eigenvalue weighted by Gasteiger charge is 2.53. The predicted molar refractivity (Wildman–Crippen MR) is 167 cm³/mol. The fraction of sp³-hybridized carbons (Fsp3) is 0.235. The number of hydrogen-bond donors (Lipinski definition) is 2. The summed E-state index contributed by atoms with van der Waals surface area (Å²) in [5.41, 5.74) is 11.9. The van der Waals surface area contributed by atoms with Crippen LogP contribution in [0.2, 0.25) is 0 Å². The molecule has 1 heterocycles. The molecule has 1 aliphatic heterocycles. The maximum Gasteiger partial charge on any atom is 0.252 e. The summed E-state index contributed by atoms with van der Waals surface area (Å²) in [5.74, 6) is 0.340. The number of aliphatic imine (C=N–C) groups is 1. The van der Waals surface area contributed by atoms with E-state index >= 15 is 0 Å². The summed E-state index contributed by atoms with van der Waals surface area (Å²) in [6, 6.07) is 31.7. The Bertz CT molecular complexity index is 1640. The summed E-state index contributed by atoms with van der Waals surface area (Å²) in [5, 5.41) is 15.6. The second-order valence-corrected chi connectivity index (χ2v) is 10.2. The Morgan fingerprint density at radius 2 is 1.66 bits per heavy atom. The third kappa shape index (κ3) is 6.72. The molecule has 5 rings (SSSR count). The van der Waals surface area contributed by atoms with Crippen molar-refractivity contribution in [1.29, 1.82) is 0 Å². The van der Waals surface area contributed by atoms with Gasteiger partial charge in [0.05, 0.1) is 6.61 Å². The van der Waals surface area contributed by atoms with Crippen LogP contribution in [0.3, 0.4) is 0 Å². The summed E-state index contributed by atoms with van der Waals surface area (Å²) in [4.78, 5) is 21.9. The highest BCUT2D eigenvalue weighted by Crippen LogP contribution is 2.44. The van der Waals surface area contributed by atoms with E-state index in [1.165, 1.54) is 0 Å². The zero-order valence-electron chi connectivity index (χ0n) is 24.0. The maximum atomic E-state index is 14.0. The number of halogens is 1. The highest BCUT2D eigenvalue weighted by molar-refractivity contribution is 6.01. The number of benzene rings is 4. The van der Waals surface area contributed by atoms with Crippen LogP contribution in [-0.4, -0.2) is 48.9 Å². The van der Waals surface area contributed by atoms with Crippen molar-refractivity contribution in [1.82, 2.24) is 5.32 Å². The van der Waals surface area contributed by atoms with E-state index in [1.54, 1.807) is 48.5 Å². The number of azide groups is 1. The van der Waals surface area contributed by atoms with Gasteiger partial charge in [-0.3, -0.25) is 4.79 Å². The largest absolute Gasteiger partial charge is 0.494 e. The quantitative estimate of drug-likeness (QED) is 0.0779. The Kier molecular flexibility index (Phi) is 9.86. The van der Waals surface area contributed by atoms with Crippen LogP contribution < -0.4 is 10.1 Å². The first-order valence-electron chi connectivity index (χ1n) is 14.3. The molecule has 1 aliphatic rings. The normalized spacial score (nSPS) is 17.2. The standard InChI is InChI=1S/C34H32FN5O4/c35-19-20-37-33(42)34(23-28-9-4-5-10-30(28)39-40-36)31(26-13-11-25(12-14-26)24-7-2-1-3-8-24)44-32(38-34)27-15-17-29(18-16-27)43-22-6-21-41/h1-5,7-18,31,41H,6,19-23H2,(H,37,42)/t31-,34-/m1/s1. The third-order valence-corrected chi connectivity index (χ3v) is 7.33. The molecule has 4 aromatic carbocycles. The molecule has 4 aromatic rings. The second kappa shape index (κ2) is 14.3. The van der Waals surface area contributed by atoms with Crippen molar-refractivity contribution in [3.8, 4) is 16.9 Å². The molecule has 0 saturated heterocycles. The van der Waals surface area contributed by atoms with Crippen LogP contribution in [0.25, 0.3) is 21.6 Å². The predicted octanol–water partition coefficient (Wildman–Crippen LogP) is 6.64. The minimum absolute atomic E-state index is 0.0251. The lowest BCUT2D eigenvalue weighted by Gasteiger charge is -2.31. The maximum absolute atomic E-state index is 14.0. The van der Waals surface area contributed by atoms with Gasteiger partial charge >= 0.3 is 0 Å². The molecule has 2 atom stereocenters. The zero-order chi connectivity index (χ0) is 30.8. The van der Waals surface area contributed by atoms with Gasteiger partial charge < -0.3 is 19.9 Å². The Hall–Kier alpha value is -5.18. The Balaban J connectivity index is 1.59. The van der Waals surface area contributed by atoms with Crippen LogP contribution >= 0.6 is 0 Å². The van der Waals surface area contributed by atoms with E-state index in [9.17, 15) is 14.7 Å². The lowest BCUT2D eigenvalue weighted by molar-refractivity contribution is -0.129. The van der Waals surface area contributed by atoms with Gasteiger partial charge in [-0.2, -0.15) is 0 Å². The SMILES string of the molecule is [N-]=[N+]=Nc1ccccc1C[C@@]1(C(=O)NCCF)N=C(c2ccc(OCCCO)cc2)O[C@@H]1c1ccc(-c2ccccc2)cc1. The molecule has 44 heavy (non-hydrogen) atoms. The molecule has 0 aromatic heterocycles. The van der Waals surface area contributed by atoms with Gasteiger partial charge in [0, 0.05) is 42.2 Å². The van der Waals surface area contributed by atoms with Gasteiger partial charge in [0.15, 0.2) is 11.6 Å². The fourth-order valence-electron chi connectivity index (χ4n) is 5.17. The highest BCUT2D eigenvalue weighted by atomic mass is 19.1. The van der Waals surface area contributed by atoms with Crippen molar-refractivity contribution in [2.45, 2.75) is 24.5 Å². The average molecular weight is 594 g/mol. The summed E-state index contributed by atoms with van der Waals surface area (Å²) in [7, 11) is 0. The van der Waals surface area contributed by atoms with E-state index in [0.29, 0.717) is 41.2 Å². The lowest BCUT2D eigenvalue weighted by Crippen LogP contribution is -2.50. The van der Waals surface area contributed by atoms with Gasteiger partial charge in [0.1, 0.15) is 12.4 Å². The Labute approximate surface area is 254 Å². The van der Waals surface area contributed by atoms with Crippen molar-refractivity contribution in [2.75, 3.05) is 26.4 Å². The van der Waals surface area contributed by atoms with Gasteiger partial charge in [-0.25, -0.2) is 9.38 Å². The number of aliphatic hydroxyl groups excluding tert-OH is 1. The van der Waals surface area contributed by atoms with Crippen molar-refractivity contribution in [3.63, 3.8) is 0 Å². The van der Waals surface area contributed by atoms with Crippen LogP contribution in [-0.2, 0) is 16.0 Å². The Morgan fingerprint density at radius 3 is 2.36 bits per heavy atom. The van der Waals surface area contributed by atoms with E-state index in [4.69, 9.17) is 19.6 Å². The number of ether oxygens (including phenoxy) is 2. The molecule has 0 aliphatic carbocycles. The van der Waals surface area contributed by atoms with E-state index in [1.807, 2.05) is 54.6 Å². The summed E-state index contributed by atoms with van der Waals surface area (Å²) in [6.07, 6.45) is -0.352. The van der Waals surface area contributed by atoms with Crippen LogP contribution in [0.5, 0.6) is 5.75 Å². The van der Waals surface area contributed by atoms with E-state index in [0.717, 1.165) is 11.1 Å². The van der Waals surface area contributed by atoms with E-state index in [-0.39, 0.29) is 25.5 Å². The number of aliphatic hydroxyl groups is 1. The summed E-state index contributed by atoms with van der Waals surface area (Å²) in [6.45, 7) is -0.533. The average Bonchev–Trinajstić information content (AvgIpc) is 3.46. The van der Waals surface area contributed by atoms with Crippen LogP contribution in [0.15, 0.2) is 113 Å². The van der Waals surface area contributed by atoms with Crippen molar-refractivity contribution < 1.29 is 23.8 Å². The first kappa shape index (κ1) is 30.3. The molecule has 0 saturated carbocycles. The molecule has 224 valence electrons. The van der Waals surface area contributed by atoms with Gasteiger partial charge in [0.25, 0.3) is 5.91 Å². The van der Waals surface area contributed by atoms with Crippen LogP contribution in [0.1, 0.15) is 29.2 Å². The number of rotatable bonds is 13. The first-order chi connectivity index (χ1) is 21.6. The van der Waals surface area contributed by atoms with Gasteiger partial charge in [-0.05, 0) is 52.1 Å². The molecular weight excluding hydrogens is 561 g/mol. The molecular formula is C34H32FN5O4.